The lowest BCUT2D eigenvalue weighted by Gasteiger charge is -2.14. The highest BCUT2D eigenvalue weighted by Crippen LogP contribution is 2.11. The van der Waals surface area contributed by atoms with Crippen molar-refractivity contribution in [1.82, 2.24) is 19.1 Å². The van der Waals surface area contributed by atoms with Crippen LogP contribution in [0.3, 0.4) is 0 Å². The zero-order valence-electron chi connectivity index (χ0n) is 11.8. The molecule has 2 aromatic heterocycles. The van der Waals surface area contributed by atoms with Gasteiger partial charge in [0.05, 0.1) is 23.6 Å². The number of fused-ring (bicyclic) bond motifs is 1. The predicted octanol–water partition coefficient (Wildman–Crippen LogP) is 1.51. The molecule has 0 saturated carbocycles. The fourth-order valence-corrected chi connectivity index (χ4v) is 2.45. The molecule has 0 aliphatic carbocycles. The van der Waals surface area contributed by atoms with Gasteiger partial charge in [0, 0.05) is 31.2 Å². The van der Waals surface area contributed by atoms with E-state index < -0.39 is 0 Å². The second kappa shape index (κ2) is 5.40. The molecule has 1 atom stereocenters. The van der Waals surface area contributed by atoms with Crippen molar-refractivity contribution in [3.8, 4) is 0 Å². The van der Waals surface area contributed by atoms with Crippen LogP contribution in [0.2, 0.25) is 0 Å². The lowest BCUT2D eigenvalue weighted by molar-refractivity contribution is 0.410. The molecule has 3 rings (SSSR count). The van der Waals surface area contributed by atoms with Crippen molar-refractivity contribution in [1.29, 1.82) is 0 Å². The third-order valence-corrected chi connectivity index (χ3v) is 3.44. The zero-order chi connectivity index (χ0) is 14.8. The van der Waals surface area contributed by atoms with Gasteiger partial charge in [0.1, 0.15) is 0 Å². The van der Waals surface area contributed by atoms with Gasteiger partial charge in [0.15, 0.2) is 0 Å². The van der Waals surface area contributed by atoms with Gasteiger partial charge >= 0.3 is 0 Å². The molecule has 1 unspecified atom stereocenters. The Morgan fingerprint density at radius 1 is 1.29 bits per heavy atom. The van der Waals surface area contributed by atoms with Gasteiger partial charge in [-0.15, -0.1) is 0 Å². The van der Waals surface area contributed by atoms with E-state index in [0.29, 0.717) is 23.1 Å². The minimum atomic E-state index is -0.0511. The summed E-state index contributed by atoms with van der Waals surface area (Å²) in [6.07, 6.45) is 7.04. The molecule has 1 aromatic carbocycles. The van der Waals surface area contributed by atoms with Crippen LogP contribution in [0, 0.1) is 5.92 Å². The molecule has 21 heavy (non-hydrogen) atoms. The Morgan fingerprint density at radius 3 is 2.90 bits per heavy atom. The molecule has 0 bridgehead atoms. The quantitative estimate of drug-likeness (QED) is 0.736. The second-order valence-electron chi connectivity index (χ2n) is 5.34. The van der Waals surface area contributed by atoms with Crippen LogP contribution < -0.4 is 11.3 Å². The zero-order valence-corrected chi connectivity index (χ0v) is 11.8. The van der Waals surface area contributed by atoms with Gasteiger partial charge < -0.3 is 10.3 Å². The summed E-state index contributed by atoms with van der Waals surface area (Å²) in [5.74, 6) is 0.289. The molecule has 0 radical (unpaired) electrons. The lowest BCUT2D eigenvalue weighted by atomic mass is 10.1. The van der Waals surface area contributed by atoms with E-state index in [1.807, 2.05) is 10.8 Å². The molecule has 3 aromatic rings. The molecule has 6 heteroatoms. The molecule has 0 aliphatic rings. The largest absolute Gasteiger partial charge is 0.399 e. The molecule has 0 aliphatic heterocycles. The van der Waals surface area contributed by atoms with Gasteiger partial charge in [-0.2, -0.15) is 0 Å². The van der Waals surface area contributed by atoms with Crippen LogP contribution >= 0.6 is 0 Å². The predicted molar refractivity (Wildman–Crippen MR) is 81.8 cm³/mol. The van der Waals surface area contributed by atoms with E-state index in [9.17, 15) is 4.79 Å². The number of rotatable bonds is 4. The van der Waals surface area contributed by atoms with Crippen molar-refractivity contribution in [3.05, 3.63) is 53.6 Å². The monoisotopic (exact) mass is 283 g/mol. The maximum atomic E-state index is 12.5. The average molecular weight is 283 g/mol. The third kappa shape index (κ3) is 2.79. The molecule has 0 spiro atoms. The van der Waals surface area contributed by atoms with Crippen molar-refractivity contribution < 1.29 is 0 Å². The van der Waals surface area contributed by atoms with Gasteiger partial charge in [-0.05, 0) is 24.1 Å². The summed E-state index contributed by atoms with van der Waals surface area (Å²) in [5, 5.41) is 0.562. The van der Waals surface area contributed by atoms with E-state index in [0.717, 1.165) is 6.54 Å². The standard InChI is InChI=1S/C15H17N5O/c1-11(7-19-5-4-17-9-19)8-20-10-18-14-3-2-12(16)6-13(14)15(20)21/h2-6,9-11H,7-8,16H2,1H3. The topological polar surface area (TPSA) is 78.7 Å². The van der Waals surface area contributed by atoms with E-state index >= 15 is 0 Å². The number of anilines is 1. The number of benzene rings is 1. The Morgan fingerprint density at radius 2 is 2.14 bits per heavy atom. The Bertz CT molecular complexity index is 807. The number of hydrogen-bond acceptors (Lipinski definition) is 4. The minimum Gasteiger partial charge on any atom is -0.399 e. The first-order valence-electron chi connectivity index (χ1n) is 6.84. The highest BCUT2D eigenvalue weighted by Gasteiger charge is 2.09. The van der Waals surface area contributed by atoms with Crippen molar-refractivity contribution in [2.75, 3.05) is 5.73 Å². The summed E-state index contributed by atoms with van der Waals surface area (Å²) < 4.78 is 3.64. The molecular weight excluding hydrogens is 266 g/mol. The number of nitrogens with two attached hydrogens (primary N) is 1. The van der Waals surface area contributed by atoms with E-state index in [4.69, 9.17) is 5.73 Å². The molecular formula is C15H17N5O. The highest BCUT2D eigenvalue weighted by molar-refractivity contribution is 5.80. The highest BCUT2D eigenvalue weighted by atomic mass is 16.1. The molecule has 6 nitrogen and oxygen atoms in total. The fourth-order valence-electron chi connectivity index (χ4n) is 2.45. The normalized spacial score (nSPS) is 12.6. The van der Waals surface area contributed by atoms with Gasteiger partial charge in [-0.25, -0.2) is 9.97 Å². The van der Waals surface area contributed by atoms with E-state index in [1.165, 1.54) is 0 Å². The van der Waals surface area contributed by atoms with Gasteiger partial charge in [0.25, 0.3) is 5.56 Å². The minimum absolute atomic E-state index is 0.0511. The van der Waals surface area contributed by atoms with E-state index in [2.05, 4.69) is 16.9 Å². The van der Waals surface area contributed by atoms with Crippen LogP contribution in [0.4, 0.5) is 5.69 Å². The maximum absolute atomic E-state index is 12.5. The lowest BCUT2D eigenvalue weighted by Crippen LogP contribution is -2.25. The molecule has 0 fully saturated rings. The summed E-state index contributed by atoms with van der Waals surface area (Å²) in [6.45, 7) is 3.51. The number of hydrogen-bond donors (Lipinski definition) is 1. The van der Waals surface area contributed by atoms with Crippen molar-refractivity contribution in [2.45, 2.75) is 20.0 Å². The second-order valence-corrected chi connectivity index (χ2v) is 5.34. The Hall–Kier alpha value is -2.63. The third-order valence-electron chi connectivity index (χ3n) is 3.44. The first kappa shape index (κ1) is 13.4. The van der Waals surface area contributed by atoms with Gasteiger partial charge in [-0.1, -0.05) is 6.92 Å². The van der Waals surface area contributed by atoms with Crippen molar-refractivity contribution >= 4 is 16.6 Å². The number of nitrogen functional groups attached to an aromatic ring is 1. The van der Waals surface area contributed by atoms with E-state index in [-0.39, 0.29) is 11.5 Å². The first-order chi connectivity index (χ1) is 10.1. The Balaban J connectivity index is 1.87. The number of imidazole rings is 1. The van der Waals surface area contributed by atoms with Gasteiger partial charge in [0.2, 0.25) is 0 Å². The summed E-state index contributed by atoms with van der Waals surface area (Å²) in [6, 6.07) is 5.20. The van der Waals surface area contributed by atoms with Crippen LogP contribution in [-0.4, -0.2) is 19.1 Å². The SMILES string of the molecule is CC(Cn1ccnc1)Cn1cnc2ccc(N)cc2c1=O. The molecule has 2 N–H and O–H groups in total. The van der Waals surface area contributed by atoms with Crippen molar-refractivity contribution in [3.63, 3.8) is 0 Å². The Kier molecular flexibility index (Phi) is 3.43. The van der Waals surface area contributed by atoms with Gasteiger partial charge in [-0.3, -0.25) is 9.36 Å². The summed E-state index contributed by atoms with van der Waals surface area (Å²) in [7, 11) is 0. The number of nitrogens with zero attached hydrogens (tertiary/aromatic N) is 4. The molecule has 0 amide bonds. The first-order valence-corrected chi connectivity index (χ1v) is 6.84. The maximum Gasteiger partial charge on any atom is 0.261 e. The Labute approximate surface area is 121 Å². The fraction of sp³-hybridized carbons (Fsp3) is 0.267. The molecule has 2 heterocycles. The molecule has 108 valence electrons. The van der Waals surface area contributed by atoms with Crippen LogP contribution in [0.15, 0.2) is 48.0 Å². The van der Waals surface area contributed by atoms with Crippen LogP contribution in [0.1, 0.15) is 6.92 Å². The summed E-state index contributed by atoms with van der Waals surface area (Å²) in [4.78, 5) is 20.8. The summed E-state index contributed by atoms with van der Waals surface area (Å²) >= 11 is 0. The van der Waals surface area contributed by atoms with Crippen LogP contribution in [0.5, 0.6) is 0 Å². The smallest absolute Gasteiger partial charge is 0.261 e. The van der Waals surface area contributed by atoms with Crippen molar-refractivity contribution in [2.24, 2.45) is 5.92 Å². The van der Waals surface area contributed by atoms with Crippen LogP contribution in [0.25, 0.3) is 10.9 Å². The van der Waals surface area contributed by atoms with Crippen LogP contribution in [-0.2, 0) is 13.1 Å². The molecule has 0 saturated heterocycles. The summed E-state index contributed by atoms with van der Waals surface area (Å²) in [5.41, 5.74) is 6.95. The average Bonchev–Trinajstić information content (AvgIpc) is 2.95. The van der Waals surface area contributed by atoms with E-state index in [1.54, 1.807) is 41.6 Å². The number of aromatic nitrogens is 4.